The molecule has 3 atom stereocenters. The second-order valence-electron chi connectivity index (χ2n) is 4.77. The summed E-state index contributed by atoms with van der Waals surface area (Å²) in [5.74, 6) is 0.485. The first-order valence-electron chi connectivity index (χ1n) is 5.89. The second-order valence-corrected chi connectivity index (χ2v) is 4.77. The molecule has 0 saturated carbocycles. The molecular formula is C12H23N3O. The van der Waals surface area contributed by atoms with Crippen molar-refractivity contribution in [3.05, 3.63) is 18.0 Å². The average molecular weight is 225 g/mol. The summed E-state index contributed by atoms with van der Waals surface area (Å²) in [6, 6.07) is 0.310. The van der Waals surface area contributed by atoms with Gasteiger partial charge in [0.1, 0.15) is 0 Å². The largest absolute Gasteiger partial charge is 0.393 e. The molecule has 4 nitrogen and oxygen atoms in total. The number of nitrogens with one attached hydrogen (secondary N) is 1. The van der Waals surface area contributed by atoms with E-state index < -0.39 is 0 Å². The van der Waals surface area contributed by atoms with Crippen molar-refractivity contribution in [3.8, 4) is 0 Å². The van der Waals surface area contributed by atoms with Gasteiger partial charge in [0.05, 0.1) is 12.3 Å². The molecule has 0 fully saturated rings. The molecule has 16 heavy (non-hydrogen) atoms. The summed E-state index contributed by atoms with van der Waals surface area (Å²) < 4.78 is 1.81. The lowest BCUT2D eigenvalue weighted by Gasteiger charge is -2.17. The van der Waals surface area contributed by atoms with Crippen LogP contribution in [0.4, 0.5) is 0 Å². The third kappa shape index (κ3) is 4.33. The monoisotopic (exact) mass is 225 g/mol. The molecule has 0 aliphatic rings. The molecule has 1 aromatic rings. The van der Waals surface area contributed by atoms with Crippen LogP contribution in [0, 0.1) is 5.92 Å². The van der Waals surface area contributed by atoms with Crippen molar-refractivity contribution in [2.24, 2.45) is 13.0 Å². The fraction of sp³-hybridized carbons (Fsp3) is 0.750. The van der Waals surface area contributed by atoms with Crippen LogP contribution in [-0.2, 0) is 7.05 Å². The quantitative estimate of drug-likeness (QED) is 0.771. The fourth-order valence-corrected chi connectivity index (χ4v) is 1.83. The van der Waals surface area contributed by atoms with E-state index in [4.69, 9.17) is 0 Å². The van der Waals surface area contributed by atoms with Crippen LogP contribution in [0.1, 0.15) is 38.8 Å². The topological polar surface area (TPSA) is 50.1 Å². The van der Waals surface area contributed by atoms with Crippen LogP contribution in [0.3, 0.4) is 0 Å². The number of aliphatic hydroxyl groups excluding tert-OH is 1. The lowest BCUT2D eigenvalue weighted by Crippen LogP contribution is -2.26. The van der Waals surface area contributed by atoms with Crippen molar-refractivity contribution >= 4 is 0 Å². The number of hydrogen-bond donors (Lipinski definition) is 2. The molecule has 0 spiro atoms. The van der Waals surface area contributed by atoms with Gasteiger partial charge >= 0.3 is 0 Å². The highest BCUT2D eigenvalue weighted by molar-refractivity contribution is 5.08. The van der Waals surface area contributed by atoms with Gasteiger partial charge in [0.15, 0.2) is 0 Å². The van der Waals surface area contributed by atoms with Gasteiger partial charge in [-0.2, -0.15) is 5.10 Å². The van der Waals surface area contributed by atoms with Gasteiger partial charge in [0.25, 0.3) is 0 Å². The highest BCUT2D eigenvalue weighted by atomic mass is 16.3. The predicted octanol–water partition coefficient (Wildman–Crippen LogP) is 1.48. The smallest absolute Gasteiger partial charge is 0.0537 e. The van der Waals surface area contributed by atoms with Gasteiger partial charge in [-0.05, 0) is 32.7 Å². The highest BCUT2D eigenvalue weighted by Crippen LogP contribution is 2.12. The third-order valence-corrected chi connectivity index (χ3v) is 2.74. The van der Waals surface area contributed by atoms with Crippen molar-refractivity contribution in [2.45, 2.75) is 39.3 Å². The van der Waals surface area contributed by atoms with Crippen molar-refractivity contribution in [1.82, 2.24) is 15.1 Å². The van der Waals surface area contributed by atoms with Gasteiger partial charge in [0, 0.05) is 24.8 Å². The van der Waals surface area contributed by atoms with E-state index in [2.05, 4.69) is 24.3 Å². The van der Waals surface area contributed by atoms with Gasteiger partial charge < -0.3 is 10.4 Å². The zero-order chi connectivity index (χ0) is 12.1. The van der Waals surface area contributed by atoms with E-state index in [9.17, 15) is 5.11 Å². The maximum Gasteiger partial charge on any atom is 0.0537 e. The first-order valence-corrected chi connectivity index (χ1v) is 5.89. The molecule has 1 heterocycles. The molecule has 0 bridgehead atoms. The minimum atomic E-state index is -0.217. The Labute approximate surface area is 97.7 Å². The van der Waals surface area contributed by atoms with Gasteiger partial charge in [-0.1, -0.05) is 6.92 Å². The molecule has 4 heteroatoms. The van der Waals surface area contributed by atoms with Crippen LogP contribution >= 0.6 is 0 Å². The molecule has 0 radical (unpaired) electrons. The standard InChI is InChI=1S/C12H23N3O/c1-9(5-10(2)16)6-13-11(3)12-7-14-15(4)8-12/h7-11,13,16H,5-6H2,1-4H3. The van der Waals surface area contributed by atoms with E-state index in [1.54, 1.807) is 0 Å². The van der Waals surface area contributed by atoms with Crippen molar-refractivity contribution in [2.75, 3.05) is 6.54 Å². The Morgan fingerprint density at radius 1 is 1.44 bits per heavy atom. The number of aromatic nitrogens is 2. The summed E-state index contributed by atoms with van der Waals surface area (Å²) in [4.78, 5) is 0. The van der Waals surface area contributed by atoms with Crippen molar-refractivity contribution < 1.29 is 5.11 Å². The van der Waals surface area contributed by atoms with E-state index in [0.717, 1.165) is 13.0 Å². The fourth-order valence-electron chi connectivity index (χ4n) is 1.83. The molecule has 1 rings (SSSR count). The second kappa shape index (κ2) is 6.01. The number of hydrogen-bond acceptors (Lipinski definition) is 3. The van der Waals surface area contributed by atoms with Gasteiger partial charge in [0.2, 0.25) is 0 Å². The highest BCUT2D eigenvalue weighted by Gasteiger charge is 2.10. The minimum absolute atomic E-state index is 0.217. The predicted molar refractivity (Wildman–Crippen MR) is 65.1 cm³/mol. The Bertz CT molecular complexity index is 309. The molecule has 0 amide bonds. The number of aryl methyl sites for hydroxylation is 1. The molecule has 2 N–H and O–H groups in total. The minimum Gasteiger partial charge on any atom is -0.393 e. The Hall–Kier alpha value is -0.870. The summed E-state index contributed by atoms with van der Waals surface area (Å²) >= 11 is 0. The van der Waals surface area contributed by atoms with Crippen molar-refractivity contribution in [1.29, 1.82) is 0 Å². The maximum atomic E-state index is 9.27. The average Bonchev–Trinajstić information content (AvgIpc) is 2.60. The number of rotatable bonds is 6. The number of nitrogens with zero attached hydrogens (tertiary/aromatic N) is 2. The lowest BCUT2D eigenvalue weighted by atomic mass is 10.0. The van der Waals surface area contributed by atoms with E-state index >= 15 is 0 Å². The van der Waals surface area contributed by atoms with E-state index in [1.165, 1.54) is 5.56 Å². The zero-order valence-electron chi connectivity index (χ0n) is 10.6. The SMILES string of the molecule is CC(O)CC(C)CNC(C)c1cnn(C)c1. The normalized spacial score (nSPS) is 17.1. The van der Waals surface area contributed by atoms with E-state index in [1.807, 2.05) is 31.0 Å². The molecule has 0 aliphatic carbocycles. The molecule has 3 unspecified atom stereocenters. The summed E-state index contributed by atoms with van der Waals surface area (Å²) in [6.07, 6.45) is 4.53. The lowest BCUT2D eigenvalue weighted by molar-refractivity contribution is 0.162. The zero-order valence-corrected chi connectivity index (χ0v) is 10.6. The molecule has 0 saturated heterocycles. The maximum absolute atomic E-state index is 9.27. The van der Waals surface area contributed by atoms with E-state index in [-0.39, 0.29) is 6.10 Å². The first-order chi connectivity index (χ1) is 7.49. The Morgan fingerprint density at radius 2 is 2.12 bits per heavy atom. The Morgan fingerprint density at radius 3 is 2.62 bits per heavy atom. The molecule has 0 aliphatic heterocycles. The summed E-state index contributed by atoms with van der Waals surface area (Å²) in [5, 5.41) is 16.9. The van der Waals surface area contributed by atoms with Gasteiger partial charge in [-0.25, -0.2) is 0 Å². The van der Waals surface area contributed by atoms with E-state index in [0.29, 0.717) is 12.0 Å². The summed E-state index contributed by atoms with van der Waals surface area (Å²) in [7, 11) is 1.92. The Balaban J connectivity index is 2.32. The van der Waals surface area contributed by atoms with Crippen LogP contribution in [0.5, 0.6) is 0 Å². The van der Waals surface area contributed by atoms with Crippen molar-refractivity contribution in [3.63, 3.8) is 0 Å². The van der Waals surface area contributed by atoms with Gasteiger partial charge in [-0.3, -0.25) is 4.68 Å². The molecule has 92 valence electrons. The molecule has 0 aromatic carbocycles. The third-order valence-electron chi connectivity index (χ3n) is 2.74. The molecule has 1 aromatic heterocycles. The summed E-state index contributed by atoms with van der Waals surface area (Å²) in [6.45, 7) is 7.03. The van der Waals surface area contributed by atoms with Crippen LogP contribution in [0.25, 0.3) is 0 Å². The van der Waals surface area contributed by atoms with Crippen LogP contribution in [0.15, 0.2) is 12.4 Å². The molecular weight excluding hydrogens is 202 g/mol. The van der Waals surface area contributed by atoms with Crippen LogP contribution in [-0.4, -0.2) is 27.5 Å². The summed E-state index contributed by atoms with van der Waals surface area (Å²) in [5.41, 5.74) is 1.20. The number of aliphatic hydroxyl groups is 1. The van der Waals surface area contributed by atoms with Gasteiger partial charge in [-0.15, -0.1) is 0 Å². The first kappa shape index (κ1) is 13.2. The van der Waals surface area contributed by atoms with Crippen LogP contribution < -0.4 is 5.32 Å². The van der Waals surface area contributed by atoms with Crippen LogP contribution in [0.2, 0.25) is 0 Å². The Kier molecular flexibility index (Phi) is 4.96.